The van der Waals surface area contributed by atoms with Gasteiger partial charge in [-0.1, -0.05) is 37.3 Å². The molecule has 0 saturated heterocycles. The van der Waals surface area contributed by atoms with E-state index in [1.807, 2.05) is 31.2 Å². The highest BCUT2D eigenvalue weighted by Crippen LogP contribution is 2.29. The Morgan fingerprint density at radius 2 is 2.05 bits per heavy atom. The lowest BCUT2D eigenvalue weighted by Gasteiger charge is -2.10. The Bertz CT molecular complexity index is 854. The van der Waals surface area contributed by atoms with Crippen molar-refractivity contribution in [2.45, 2.75) is 12.7 Å². The lowest BCUT2D eigenvalue weighted by atomic mass is 10.0. The number of aliphatic hydroxyl groups is 1. The summed E-state index contributed by atoms with van der Waals surface area (Å²) in [7, 11) is 0. The number of hydrogen-bond donors (Lipinski definition) is 1. The molecule has 0 aliphatic carbocycles. The standard InChI is InChI=1S/C18H18O3S/c1-12(9-19)10-22-11-14-8-17(20)21-16-7-6-13-4-2-3-5-15(13)18(14)16/h2-8,12,19H,9-11H2,1H3. The Kier molecular flexibility index (Phi) is 4.50. The lowest BCUT2D eigenvalue weighted by molar-refractivity contribution is 0.250. The van der Waals surface area contributed by atoms with E-state index in [0.717, 1.165) is 33.2 Å². The second kappa shape index (κ2) is 6.55. The average molecular weight is 314 g/mol. The van der Waals surface area contributed by atoms with Gasteiger partial charge in [-0.3, -0.25) is 0 Å². The van der Waals surface area contributed by atoms with Crippen molar-refractivity contribution in [3.8, 4) is 0 Å². The van der Waals surface area contributed by atoms with Gasteiger partial charge >= 0.3 is 5.63 Å². The van der Waals surface area contributed by atoms with Crippen molar-refractivity contribution in [3.63, 3.8) is 0 Å². The molecule has 1 atom stereocenters. The molecule has 0 aliphatic rings. The van der Waals surface area contributed by atoms with E-state index in [1.54, 1.807) is 17.8 Å². The molecule has 0 radical (unpaired) electrons. The van der Waals surface area contributed by atoms with Gasteiger partial charge in [0.15, 0.2) is 0 Å². The van der Waals surface area contributed by atoms with E-state index in [9.17, 15) is 4.79 Å². The molecule has 0 amide bonds. The first-order valence-electron chi connectivity index (χ1n) is 7.32. The van der Waals surface area contributed by atoms with Crippen LogP contribution in [0, 0.1) is 5.92 Å². The first kappa shape index (κ1) is 15.1. The van der Waals surface area contributed by atoms with Gasteiger partial charge in [0.25, 0.3) is 0 Å². The Morgan fingerprint density at radius 3 is 2.86 bits per heavy atom. The molecule has 4 heteroatoms. The Balaban J connectivity index is 2.07. The molecule has 3 rings (SSSR count). The predicted molar refractivity (Wildman–Crippen MR) is 92.4 cm³/mol. The largest absolute Gasteiger partial charge is 0.423 e. The zero-order valence-electron chi connectivity index (χ0n) is 12.4. The molecule has 0 spiro atoms. The van der Waals surface area contributed by atoms with Crippen molar-refractivity contribution >= 4 is 33.5 Å². The van der Waals surface area contributed by atoms with Crippen LogP contribution >= 0.6 is 11.8 Å². The quantitative estimate of drug-likeness (QED) is 0.575. The van der Waals surface area contributed by atoms with Gasteiger partial charge in [-0.2, -0.15) is 11.8 Å². The van der Waals surface area contributed by atoms with Gasteiger partial charge < -0.3 is 9.52 Å². The molecule has 3 aromatic rings. The summed E-state index contributed by atoms with van der Waals surface area (Å²) in [5, 5.41) is 12.4. The number of aliphatic hydroxyl groups excluding tert-OH is 1. The van der Waals surface area contributed by atoms with Crippen LogP contribution in [0.3, 0.4) is 0 Å². The highest BCUT2D eigenvalue weighted by atomic mass is 32.2. The van der Waals surface area contributed by atoms with Crippen molar-refractivity contribution in [3.05, 3.63) is 58.4 Å². The first-order chi connectivity index (χ1) is 10.7. The molecule has 2 aromatic carbocycles. The van der Waals surface area contributed by atoms with E-state index < -0.39 is 0 Å². The summed E-state index contributed by atoms with van der Waals surface area (Å²) in [6.07, 6.45) is 0. The third-order valence-corrected chi connectivity index (χ3v) is 5.01. The van der Waals surface area contributed by atoms with Crippen LogP contribution in [-0.4, -0.2) is 17.5 Å². The van der Waals surface area contributed by atoms with Crippen molar-refractivity contribution in [2.24, 2.45) is 5.92 Å². The van der Waals surface area contributed by atoms with Crippen LogP contribution in [0.1, 0.15) is 12.5 Å². The Hall–Kier alpha value is -1.78. The molecule has 1 aromatic heterocycles. The topological polar surface area (TPSA) is 50.4 Å². The molecule has 3 nitrogen and oxygen atoms in total. The summed E-state index contributed by atoms with van der Waals surface area (Å²) in [5.74, 6) is 1.86. The van der Waals surface area contributed by atoms with E-state index in [2.05, 4.69) is 12.1 Å². The van der Waals surface area contributed by atoms with E-state index in [4.69, 9.17) is 9.52 Å². The maximum Gasteiger partial charge on any atom is 0.336 e. The summed E-state index contributed by atoms with van der Waals surface area (Å²) >= 11 is 1.73. The molecule has 114 valence electrons. The molecule has 22 heavy (non-hydrogen) atoms. The number of rotatable bonds is 5. The van der Waals surface area contributed by atoms with Gasteiger partial charge in [-0.25, -0.2) is 4.79 Å². The number of benzene rings is 2. The third kappa shape index (κ3) is 3.03. The number of hydrogen-bond acceptors (Lipinski definition) is 4. The summed E-state index contributed by atoms with van der Waals surface area (Å²) < 4.78 is 5.35. The van der Waals surface area contributed by atoms with E-state index >= 15 is 0 Å². The smallest absolute Gasteiger partial charge is 0.336 e. The Morgan fingerprint density at radius 1 is 1.23 bits per heavy atom. The molecule has 1 unspecified atom stereocenters. The zero-order chi connectivity index (χ0) is 15.5. The van der Waals surface area contributed by atoms with Crippen LogP contribution in [0.4, 0.5) is 0 Å². The normalized spacial score (nSPS) is 12.8. The Labute approximate surface area is 133 Å². The number of thioether (sulfide) groups is 1. The predicted octanol–water partition coefficient (Wildman–Crippen LogP) is 3.81. The second-order valence-corrected chi connectivity index (χ2v) is 6.58. The van der Waals surface area contributed by atoms with E-state index in [0.29, 0.717) is 5.58 Å². The SMILES string of the molecule is CC(CO)CSCc1cc(=O)oc2ccc3ccccc3c12. The molecule has 0 aliphatic heterocycles. The van der Waals surface area contributed by atoms with Crippen LogP contribution in [-0.2, 0) is 5.75 Å². The van der Waals surface area contributed by atoms with Crippen molar-refractivity contribution in [2.75, 3.05) is 12.4 Å². The fraction of sp³-hybridized carbons (Fsp3) is 0.278. The van der Waals surface area contributed by atoms with Crippen LogP contribution in [0.5, 0.6) is 0 Å². The highest BCUT2D eigenvalue weighted by molar-refractivity contribution is 7.98. The van der Waals surface area contributed by atoms with Gasteiger partial charge in [-0.15, -0.1) is 0 Å². The van der Waals surface area contributed by atoms with Crippen LogP contribution in [0.25, 0.3) is 21.7 Å². The minimum absolute atomic E-state index is 0.188. The van der Waals surface area contributed by atoms with Crippen molar-refractivity contribution < 1.29 is 9.52 Å². The monoisotopic (exact) mass is 314 g/mol. The summed E-state index contributed by atoms with van der Waals surface area (Å²) in [6.45, 7) is 2.20. The molecular formula is C18H18O3S. The average Bonchev–Trinajstić information content (AvgIpc) is 2.53. The molecule has 1 heterocycles. The highest BCUT2D eigenvalue weighted by Gasteiger charge is 2.10. The summed E-state index contributed by atoms with van der Waals surface area (Å²) in [5.41, 5.74) is 1.32. The van der Waals surface area contributed by atoms with Crippen molar-refractivity contribution in [1.29, 1.82) is 0 Å². The lowest BCUT2D eigenvalue weighted by Crippen LogP contribution is -2.05. The summed E-state index contributed by atoms with van der Waals surface area (Å²) in [6, 6.07) is 13.6. The first-order valence-corrected chi connectivity index (χ1v) is 8.47. The van der Waals surface area contributed by atoms with E-state index in [1.165, 1.54) is 0 Å². The van der Waals surface area contributed by atoms with Crippen molar-refractivity contribution in [1.82, 2.24) is 0 Å². The zero-order valence-corrected chi connectivity index (χ0v) is 13.2. The van der Waals surface area contributed by atoms with Crippen LogP contribution in [0.15, 0.2) is 51.7 Å². The number of fused-ring (bicyclic) bond motifs is 3. The third-order valence-electron chi connectivity index (χ3n) is 3.69. The van der Waals surface area contributed by atoms with E-state index in [-0.39, 0.29) is 18.2 Å². The van der Waals surface area contributed by atoms with Crippen LogP contribution in [0.2, 0.25) is 0 Å². The minimum Gasteiger partial charge on any atom is -0.423 e. The molecule has 0 bridgehead atoms. The van der Waals surface area contributed by atoms with Gasteiger partial charge in [0, 0.05) is 23.8 Å². The molecule has 0 saturated carbocycles. The second-order valence-electron chi connectivity index (χ2n) is 5.55. The van der Waals surface area contributed by atoms with Crippen LogP contribution < -0.4 is 5.63 Å². The summed E-state index contributed by atoms with van der Waals surface area (Å²) in [4.78, 5) is 11.8. The van der Waals surface area contributed by atoms with Gasteiger partial charge in [0.2, 0.25) is 0 Å². The molecular weight excluding hydrogens is 296 g/mol. The maximum atomic E-state index is 11.8. The fourth-order valence-electron chi connectivity index (χ4n) is 2.56. The maximum absolute atomic E-state index is 11.8. The van der Waals surface area contributed by atoms with Gasteiger partial charge in [0.05, 0.1) is 0 Å². The van der Waals surface area contributed by atoms with Gasteiger partial charge in [0.1, 0.15) is 5.58 Å². The molecule has 1 N–H and O–H groups in total. The molecule has 0 fully saturated rings. The van der Waals surface area contributed by atoms with Gasteiger partial charge in [-0.05, 0) is 34.1 Å². The fourth-order valence-corrected chi connectivity index (χ4v) is 3.63. The minimum atomic E-state index is -0.311.